The Kier molecular flexibility index (Phi) is 4.46. The van der Waals surface area contributed by atoms with Gasteiger partial charge in [-0.05, 0) is 52.0 Å². The van der Waals surface area contributed by atoms with Crippen LogP contribution in [0.25, 0.3) is 0 Å². The number of nitrogens with two attached hydrogens (primary N) is 1. The summed E-state index contributed by atoms with van der Waals surface area (Å²) in [5.74, 6) is -0.617. The van der Waals surface area contributed by atoms with Crippen molar-refractivity contribution in [1.82, 2.24) is 0 Å². The molecule has 6 nitrogen and oxygen atoms in total. The summed E-state index contributed by atoms with van der Waals surface area (Å²) < 4.78 is 6.15. The summed E-state index contributed by atoms with van der Waals surface area (Å²) >= 11 is 1.34. The number of ether oxygens (including phenoxy) is 1. The number of rotatable bonds is 5. The molecule has 0 saturated heterocycles. The summed E-state index contributed by atoms with van der Waals surface area (Å²) in [6.45, 7) is 7.86. The number of primary amides is 1. The van der Waals surface area contributed by atoms with Gasteiger partial charge in [-0.1, -0.05) is 0 Å². The standard InChI is InChI=1S/C18H26N2O4S/c1-17(2)8-10-13(15(19)23)16(25-14(10)18(3,4)24-17)20-12(22)7-11(21)9-5-6-9/h9,11,21H,5-8H2,1-4H3,(H2,19,23)(H,20,22). The number of amides is 2. The zero-order chi connectivity index (χ0) is 18.6. The van der Waals surface area contributed by atoms with Gasteiger partial charge in [-0.15, -0.1) is 11.3 Å². The molecule has 0 bridgehead atoms. The van der Waals surface area contributed by atoms with Crippen molar-refractivity contribution in [2.45, 2.75) is 70.7 Å². The molecule has 1 aromatic rings. The molecule has 0 spiro atoms. The highest BCUT2D eigenvalue weighted by molar-refractivity contribution is 7.17. The van der Waals surface area contributed by atoms with E-state index in [1.807, 2.05) is 27.7 Å². The number of anilines is 1. The fourth-order valence-electron chi connectivity index (χ4n) is 3.68. The molecule has 3 rings (SSSR count). The average Bonchev–Trinajstić information content (AvgIpc) is 3.19. The zero-order valence-electron chi connectivity index (χ0n) is 15.1. The Bertz CT molecular complexity index is 719. The van der Waals surface area contributed by atoms with Crippen molar-refractivity contribution >= 4 is 28.2 Å². The molecule has 25 heavy (non-hydrogen) atoms. The lowest BCUT2D eigenvalue weighted by Gasteiger charge is -2.41. The van der Waals surface area contributed by atoms with Crippen LogP contribution >= 0.6 is 11.3 Å². The van der Waals surface area contributed by atoms with Crippen molar-refractivity contribution in [3.05, 3.63) is 16.0 Å². The zero-order valence-corrected chi connectivity index (χ0v) is 16.0. The van der Waals surface area contributed by atoms with Crippen LogP contribution in [0.15, 0.2) is 0 Å². The Labute approximate surface area is 151 Å². The van der Waals surface area contributed by atoms with Crippen molar-refractivity contribution in [3.63, 3.8) is 0 Å². The summed E-state index contributed by atoms with van der Waals surface area (Å²) in [6.07, 6.45) is 1.91. The molecule has 1 saturated carbocycles. The maximum Gasteiger partial charge on any atom is 0.251 e. The lowest BCUT2D eigenvalue weighted by atomic mass is 9.86. The lowest BCUT2D eigenvalue weighted by molar-refractivity contribution is -0.135. The molecule has 1 aromatic heterocycles. The van der Waals surface area contributed by atoms with Crippen LogP contribution in [0.3, 0.4) is 0 Å². The van der Waals surface area contributed by atoms with Crippen LogP contribution < -0.4 is 11.1 Å². The number of aliphatic hydroxyl groups excluding tert-OH is 1. The van der Waals surface area contributed by atoms with Gasteiger partial charge in [0.1, 0.15) is 5.00 Å². The topological polar surface area (TPSA) is 102 Å². The largest absolute Gasteiger partial charge is 0.392 e. The summed E-state index contributed by atoms with van der Waals surface area (Å²) in [4.78, 5) is 25.3. The molecule has 138 valence electrons. The molecule has 1 aliphatic heterocycles. The fourth-order valence-corrected chi connectivity index (χ4v) is 4.96. The molecule has 2 aliphatic rings. The first-order chi connectivity index (χ1) is 11.5. The molecule has 7 heteroatoms. The van der Waals surface area contributed by atoms with Crippen molar-refractivity contribution in [1.29, 1.82) is 0 Å². The maximum absolute atomic E-state index is 12.3. The van der Waals surface area contributed by atoms with Crippen LogP contribution in [-0.4, -0.2) is 28.6 Å². The van der Waals surface area contributed by atoms with Gasteiger partial charge in [0.2, 0.25) is 5.91 Å². The second kappa shape index (κ2) is 6.07. The third-order valence-electron chi connectivity index (χ3n) is 4.75. The second-order valence-corrected chi connectivity index (χ2v) is 9.20. The first-order valence-electron chi connectivity index (χ1n) is 8.64. The minimum Gasteiger partial charge on any atom is -0.392 e. The Morgan fingerprint density at radius 1 is 1.36 bits per heavy atom. The first-order valence-corrected chi connectivity index (χ1v) is 9.46. The van der Waals surface area contributed by atoms with Crippen LogP contribution in [-0.2, 0) is 21.6 Å². The number of hydrogen-bond donors (Lipinski definition) is 3. The van der Waals surface area contributed by atoms with Gasteiger partial charge in [0, 0.05) is 11.3 Å². The number of aliphatic hydroxyl groups is 1. The molecular weight excluding hydrogens is 340 g/mol. The SMILES string of the molecule is CC1(C)Cc2c(sc(NC(=O)CC(O)C3CC3)c2C(N)=O)C(C)(C)O1. The Hall–Kier alpha value is -1.44. The van der Waals surface area contributed by atoms with E-state index in [1.54, 1.807) is 0 Å². The minimum atomic E-state index is -0.620. The number of carbonyl (C=O) groups excluding carboxylic acids is 2. The van der Waals surface area contributed by atoms with Crippen LogP contribution in [0.1, 0.15) is 67.8 Å². The average molecular weight is 366 g/mol. The Balaban J connectivity index is 1.91. The minimum absolute atomic E-state index is 0.0385. The van der Waals surface area contributed by atoms with Gasteiger partial charge < -0.3 is 20.9 Å². The van der Waals surface area contributed by atoms with E-state index in [0.29, 0.717) is 17.0 Å². The van der Waals surface area contributed by atoms with Crippen LogP contribution in [0.4, 0.5) is 5.00 Å². The van der Waals surface area contributed by atoms with E-state index >= 15 is 0 Å². The van der Waals surface area contributed by atoms with Gasteiger partial charge in [0.15, 0.2) is 0 Å². The predicted octanol–water partition coefficient (Wildman–Crippen LogP) is 2.53. The summed E-state index contributed by atoms with van der Waals surface area (Å²) in [5.41, 5.74) is 5.86. The highest BCUT2D eigenvalue weighted by atomic mass is 32.1. The van der Waals surface area contributed by atoms with Gasteiger partial charge in [-0.3, -0.25) is 9.59 Å². The highest BCUT2D eigenvalue weighted by Gasteiger charge is 2.43. The molecule has 1 unspecified atom stereocenters. The molecule has 4 N–H and O–H groups in total. The number of fused-ring (bicyclic) bond motifs is 1. The first kappa shape index (κ1) is 18.4. The summed E-state index contributed by atoms with van der Waals surface area (Å²) in [5, 5.41) is 13.2. The fraction of sp³-hybridized carbons (Fsp3) is 0.667. The van der Waals surface area contributed by atoms with Crippen molar-refractivity contribution < 1.29 is 19.4 Å². The van der Waals surface area contributed by atoms with Crippen molar-refractivity contribution in [2.75, 3.05) is 5.32 Å². The van der Waals surface area contributed by atoms with E-state index < -0.39 is 23.2 Å². The van der Waals surface area contributed by atoms with Crippen LogP contribution in [0.5, 0.6) is 0 Å². The molecule has 1 fully saturated rings. The predicted molar refractivity (Wildman–Crippen MR) is 96.7 cm³/mol. The van der Waals surface area contributed by atoms with Crippen molar-refractivity contribution in [3.8, 4) is 0 Å². The van der Waals surface area contributed by atoms with Crippen LogP contribution in [0.2, 0.25) is 0 Å². The number of hydrogen-bond acceptors (Lipinski definition) is 5. The third kappa shape index (κ3) is 3.73. The van der Waals surface area contributed by atoms with Gasteiger partial charge in [-0.25, -0.2) is 0 Å². The van der Waals surface area contributed by atoms with Crippen LogP contribution in [0, 0.1) is 5.92 Å². The Morgan fingerprint density at radius 2 is 2.00 bits per heavy atom. The normalized spacial score (nSPS) is 22.1. The quantitative estimate of drug-likeness (QED) is 0.745. The summed E-state index contributed by atoms with van der Waals surface area (Å²) in [7, 11) is 0. The van der Waals surface area contributed by atoms with Gasteiger partial charge in [0.05, 0.1) is 29.3 Å². The van der Waals surface area contributed by atoms with E-state index in [1.165, 1.54) is 11.3 Å². The summed E-state index contributed by atoms with van der Waals surface area (Å²) in [6, 6.07) is 0. The number of nitrogens with one attached hydrogen (secondary N) is 1. The molecule has 0 radical (unpaired) electrons. The lowest BCUT2D eigenvalue weighted by Crippen LogP contribution is -2.42. The third-order valence-corrected chi connectivity index (χ3v) is 6.20. The van der Waals surface area contributed by atoms with E-state index in [4.69, 9.17) is 10.5 Å². The monoisotopic (exact) mass is 366 g/mol. The van der Waals surface area contributed by atoms with E-state index in [9.17, 15) is 14.7 Å². The number of carbonyl (C=O) groups is 2. The smallest absolute Gasteiger partial charge is 0.251 e. The van der Waals surface area contributed by atoms with Gasteiger partial charge in [0.25, 0.3) is 5.91 Å². The van der Waals surface area contributed by atoms with E-state index in [-0.39, 0.29) is 18.2 Å². The Morgan fingerprint density at radius 3 is 2.56 bits per heavy atom. The molecule has 2 heterocycles. The van der Waals surface area contributed by atoms with Gasteiger partial charge in [-0.2, -0.15) is 0 Å². The van der Waals surface area contributed by atoms with E-state index in [2.05, 4.69) is 5.32 Å². The maximum atomic E-state index is 12.3. The van der Waals surface area contributed by atoms with Crippen molar-refractivity contribution in [2.24, 2.45) is 11.7 Å². The highest BCUT2D eigenvalue weighted by Crippen LogP contribution is 2.48. The second-order valence-electron chi connectivity index (χ2n) is 8.18. The molecule has 2 amide bonds. The molecule has 1 aliphatic carbocycles. The molecule has 1 atom stereocenters. The van der Waals surface area contributed by atoms with Gasteiger partial charge >= 0.3 is 0 Å². The number of thiophene rings is 1. The molecular formula is C18H26N2O4S. The van der Waals surface area contributed by atoms with E-state index in [0.717, 1.165) is 23.3 Å². The molecule has 0 aromatic carbocycles.